The van der Waals surface area contributed by atoms with Crippen LogP contribution in [0.5, 0.6) is 0 Å². The highest BCUT2D eigenvalue weighted by molar-refractivity contribution is 9.10. The van der Waals surface area contributed by atoms with Gasteiger partial charge in [0.1, 0.15) is 17.7 Å². The predicted molar refractivity (Wildman–Crippen MR) is 126 cm³/mol. The molecule has 0 aromatic heterocycles. The van der Waals surface area contributed by atoms with Crippen molar-refractivity contribution in [2.45, 2.75) is 13.0 Å². The third-order valence-corrected chi connectivity index (χ3v) is 6.23. The molecule has 0 N–H and O–H groups in total. The fourth-order valence-electron chi connectivity index (χ4n) is 4.09. The number of hydrogen-bond donors (Lipinski definition) is 0. The van der Waals surface area contributed by atoms with E-state index >= 15 is 0 Å². The Labute approximate surface area is 193 Å². The lowest BCUT2D eigenvalue weighted by atomic mass is 9.92. The summed E-state index contributed by atoms with van der Waals surface area (Å²) >= 11 is 3.37. The van der Waals surface area contributed by atoms with Crippen molar-refractivity contribution in [3.8, 4) is 0 Å². The van der Waals surface area contributed by atoms with Crippen LogP contribution in [0.25, 0.3) is 0 Å². The number of benzene rings is 3. The summed E-state index contributed by atoms with van der Waals surface area (Å²) < 4.78 is 0.836. The molecule has 2 aliphatic heterocycles. The normalized spacial score (nSPS) is 19.9. The number of Topliss-reactive ketones (excluding diaryl/α,β-unsaturated/α-hetero) is 1. The summed E-state index contributed by atoms with van der Waals surface area (Å²) in [4.78, 5) is 41.5. The van der Waals surface area contributed by atoms with Crippen LogP contribution in [-0.4, -0.2) is 29.4 Å². The molecule has 7 heteroatoms. The molecule has 0 unspecified atom stereocenters. The number of nitrogens with zero attached hydrogens (tertiary/aromatic N) is 3. The van der Waals surface area contributed by atoms with E-state index in [2.05, 4.69) is 21.0 Å². The molecule has 5 rings (SSSR count). The molecule has 0 spiro atoms. The number of imide groups is 1. The molecule has 2 amide bonds. The summed E-state index contributed by atoms with van der Waals surface area (Å²) in [5, 5.41) is 6.03. The van der Waals surface area contributed by atoms with E-state index < -0.39 is 23.8 Å². The lowest BCUT2D eigenvalue weighted by molar-refractivity contribution is -0.121. The molecule has 3 aromatic rings. The molecule has 2 aliphatic rings. The van der Waals surface area contributed by atoms with Crippen LogP contribution in [0, 0.1) is 12.8 Å². The first-order chi connectivity index (χ1) is 15.5. The number of amides is 2. The fourth-order valence-corrected chi connectivity index (χ4v) is 4.36. The zero-order valence-corrected chi connectivity index (χ0v) is 18.7. The minimum Gasteiger partial charge on any atom is -0.287 e. The molecule has 3 aromatic carbocycles. The summed E-state index contributed by atoms with van der Waals surface area (Å²) in [6.45, 7) is 1.96. The minimum absolute atomic E-state index is 0.0831. The average Bonchev–Trinajstić information content (AvgIpc) is 3.32. The molecule has 0 radical (unpaired) electrons. The van der Waals surface area contributed by atoms with Gasteiger partial charge >= 0.3 is 0 Å². The van der Waals surface area contributed by atoms with Crippen molar-refractivity contribution < 1.29 is 14.4 Å². The summed E-state index contributed by atoms with van der Waals surface area (Å²) in [5.41, 5.74) is 2.69. The number of hydrogen-bond acceptors (Lipinski definition) is 5. The van der Waals surface area contributed by atoms with Crippen LogP contribution >= 0.6 is 15.9 Å². The lowest BCUT2D eigenvalue weighted by Gasteiger charge is -2.22. The smallest absolute Gasteiger partial charge is 0.259 e. The van der Waals surface area contributed by atoms with Gasteiger partial charge < -0.3 is 0 Å². The van der Waals surface area contributed by atoms with Crippen molar-refractivity contribution in [3.05, 3.63) is 94.5 Å². The lowest BCUT2D eigenvalue weighted by Crippen LogP contribution is -2.39. The van der Waals surface area contributed by atoms with Crippen molar-refractivity contribution >= 4 is 50.6 Å². The molecule has 1 fully saturated rings. The molecule has 2 heterocycles. The Hall–Kier alpha value is -3.58. The SMILES string of the molecule is Cc1ccc(N2N=C(C(=O)c3ccccc3)[C@H]3C(=O)N(c4ccc(Br)cc4)C(=O)[C@H]32)cc1. The van der Waals surface area contributed by atoms with E-state index in [9.17, 15) is 14.4 Å². The molecule has 0 aliphatic carbocycles. The second kappa shape index (κ2) is 7.84. The highest BCUT2D eigenvalue weighted by Crippen LogP contribution is 2.38. The van der Waals surface area contributed by atoms with Crippen LogP contribution in [0.2, 0.25) is 0 Å². The largest absolute Gasteiger partial charge is 0.287 e. The standard InChI is InChI=1S/C25H18BrN3O3/c1-15-7-11-19(12-8-15)29-22-20(21(27-29)23(30)16-5-3-2-4-6-16)24(31)28(25(22)32)18-13-9-17(26)10-14-18/h2-14,20,22H,1H3/t20-,22+/m1/s1. The Balaban J connectivity index is 1.61. The third-order valence-electron chi connectivity index (χ3n) is 5.70. The second-order valence-corrected chi connectivity index (χ2v) is 8.69. The highest BCUT2D eigenvalue weighted by atomic mass is 79.9. The maximum Gasteiger partial charge on any atom is 0.259 e. The van der Waals surface area contributed by atoms with Crippen LogP contribution in [0.4, 0.5) is 11.4 Å². The number of carbonyl (C=O) groups excluding carboxylic acids is 3. The second-order valence-electron chi connectivity index (χ2n) is 7.77. The molecule has 0 saturated carbocycles. The number of rotatable bonds is 4. The van der Waals surface area contributed by atoms with E-state index in [1.807, 2.05) is 37.3 Å². The first-order valence-electron chi connectivity index (χ1n) is 10.1. The number of fused-ring (bicyclic) bond motifs is 1. The van der Waals surface area contributed by atoms with E-state index in [1.165, 1.54) is 5.01 Å². The summed E-state index contributed by atoms with van der Waals surface area (Å²) in [7, 11) is 0. The van der Waals surface area contributed by atoms with Gasteiger partial charge in [0.05, 0.1) is 11.4 Å². The van der Waals surface area contributed by atoms with Gasteiger partial charge in [0.15, 0.2) is 0 Å². The van der Waals surface area contributed by atoms with Gasteiger partial charge in [0.25, 0.3) is 5.91 Å². The quantitative estimate of drug-likeness (QED) is 0.404. The Morgan fingerprint density at radius 3 is 2.12 bits per heavy atom. The molecular formula is C25H18BrN3O3. The number of hydrazone groups is 1. The maximum atomic E-state index is 13.5. The molecule has 2 atom stereocenters. The van der Waals surface area contributed by atoms with Crippen molar-refractivity contribution in [2.75, 3.05) is 9.91 Å². The van der Waals surface area contributed by atoms with Gasteiger partial charge in [-0.25, -0.2) is 4.90 Å². The minimum atomic E-state index is -0.972. The number of ketones is 1. The zero-order valence-electron chi connectivity index (χ0n) is 17.1. The third kappa shape index (κ3) is 3.26. The van der Waals surface area contributed by atoms with Gasteiger partial charge in [-0.3, -0.25) is 19.4 Å². The Bertz CT molecular complexity index is 1250. The van der Waals surface area contributed by atoms with Crippen molar-refractivity contribution in [2.24, 2.45) is 11.0 Å². The van der Waals surface area contributed by atoms with E-state index in [0.29, 0.717) is 16.9 Å². The van der Waals surface area contributed by atoms with Gasteiger partial charge in [-0.1, -0.05) is 64.0 Å². The van der Waals surface area contributed by atoms with Gasteiger partial charge in [0, 0.05) is 10.0 Å². The van der Waals surface area contributed by atoms with Crippen LogP contribution < -0.4 is 9.91 Å². The Morgan fingerprint density at radius 2 is 1.47 bits per heavy atom. The first-order valence-corrected chi connectivity index (χ1v) is 10.9. The van der Waals surface area contributed by atoms with Crippen molar-refractivity contribution in [1.29, 1.82) is 0 Å². The number of carbonyl (C=O) groups is 3. The Morgan fingerprint density at radius 1 is 0.844 bits per heavy atom. The fraction of sp³-hybridized carbons (Fsp3) is 0.120. The van der Waals surface area contributed by atoms with Crippen LogP contribution in [0.1, 0.15) is 15.9 Å². The number of aryl methyl sites for hydroxylation is 1. The molecule has 6 nitrogen and oxygen atoms in total. The molecule has 0 bridgehead atoms. The van der Waals surface area contributed by atoms with E-state index in [1.54, 1.807) is 48.5 Å². The molecular weight excluding hydrogens is 470 g/mol. The molecule has 158 valence electrons. The molecule has 1 saturated heterocycles. The van der Waals surface area contributed by atoms with E-state index in [0.717, 1.165) is 14.9 Å². The average molecular weight is 488 g/mol. The van der Waals surface area contributed by atoms with Gasteiger partial charge in [-0.2, -0.15) is 5.10 Å². The first kappa shape index (κ1) is 20.3. The summed E-state index contributed by atoms with van der Waals surface area (Å²) in [6, 6.07) is 22.2. The zero-order chi connectivity index (χ0) is 22.4. The van der Waals surface area contributed by atoms with Crippen LogP contribution in [-0.2, 0) is 9.59 Å². The van der Waals surface area contributed by atoms with Crippen molar-refractivity contribution in [1.82, 2.24) is 0 Å². The Kier molecular flexibility index (Phi) is 4.98. The van der Waals surface area contributed by atoms with Gasteiger partial charge in [-0.15, -0.1) is 0 Å². The van der Waals surface area contributed by atoms with Crippen LogP contribution in [0.3, 0.4) is 0 Å². The monoisotopic (exact) mass is 487 g/mol. The summed E-state index contributed by atoms with van der Waals surface area (Å²) in [6.07, 6.45) is 0. The number of anilines is 2. The van der Waals surface area contributed by atoms with E-state index in [-0.39, 0.29) is 11.5 Å². The molecule has 32 heavy (non-hydrogen) atoms. The summed E-state index contributed by atoms with van der Waals surface area (Å²) in [5.74, 6) is -2.17. The van der Waals surface area contributed by atoms with E-state index in [4.69, 9.17) is 0 Å². The predicted octanol–water partition coefficient (Wildman–Crippen LogP) is 4.37. The van der Waals surface area contributed by atoms with Crippen LogP contribution in [0.15, 0.2) is 88.4 Å². The maximum absolute atomic E-state index is 13.5. The van der Waals surface area contributed by atoms with Gasteiger partial charge in [-0.05, 0) is 43.3 Å². The highest BCUT2D eigenvalue weighted by Gasteiger charge is 2.58. The topological polar surface area (TPSA) is 70.1 Å². The van der Waals surface area contributed by atoms with Crippen molar-refractivity contribution in [3.63, 3.8) is 0 Å². The number of halogens is 1. The van der Waals surface area contributed by atoms with Gasteiger partial charge in [0.2, 0.25) is 11.7 Å².